The van der Waals surface area contributed by atoms with Gasteiger partial charge in [0.05, 0.1) is 44.2 Å². The molecule has 16 heteroatoms. The lowest BCUT2D eigenvalue weighted by molar-refractivity contribution is -0.362. The molecular weight excluding hydrogens is 700 g/mol. The lowest BCUT2D eigenvalue weighted by Crippen LogP contribution is -2.63. The molecule has 4 aliphatic heterocycles. The van der Waals surface area contributed by atoms with Crippen molar-refractivity contribution in [1.29, 1.82) is 0 Å². The predicted molar refractivity (Wildman–Crippen MR) is 177 cm³/mol. The molecule has 0 aromatic heterocycles. The zero-order chi connectivity index (χ0) is 37.9. The highest BCUT2D eigenvalue weighted by molar-refractivity contribution is 6.04. The van der Waals surface area contributed by atoms with E-state index in [0.29, 0.717) is 31.3 Å². The topological polar surface area (TPSA) is 255 Å². The zero-order valence-corrected chi connectivity index (χ0v) is 30.1. The largest absolute Gasteiger partial charge is 0.396 e. The Morgan fingerprint density at radius 1 is 0.925 bits per heavy atom. The van der Waals surface area contributed by atoms with Gasteiger partial charge in [-0.2, -0.15) is 0 Å². The van der Waals surface area contributed by atoms with Crippen LogP contribution in [0.25, 0.3) is 0 Å². The number of hydrogen-bond acceptors (Lipinski definition) is 16. The van der Waals surface area contributed by atoms with Crippen LogP contribution >= 0.6 is 0 Å². The first kappa shape index (κ1) is 38.4. The number of aliphatic hydroxyl groups excluding tert-OH is 9. The Bertz CT molecular complexity index is 1490. The lowest BCUT2D eigenvalue weighted by atomic mass is 9.51. The number of rotatable bonds is 5. The summed E-state index contributed by atoms with van der Waals surface area (Å²) in [5.74, 6) is -3.98. The number of ether oxygens (including phenoxy) is 6. The first-order valence-electron chi connectivity index (χ1n) is 19.1. The maximum Gasteiger partial charge on any atom is 0.203 e. The Balaban J connectivity index is 1.08. The van der Waals surface area contributed by atoms with Crippen molar-refractivity contribution in [3.8, 4) is 0 Å². The smallest absolute Gasteiger partial charge is 0.203 e. The van der Waals surface area contributed by atoms with E-state index in [4.69, 9.17) is 28.4 Å². The molecule has 0 aromatic rings. The van der Waals surface area contributed by atoms with Crippen LogP contribution in [0.4, 0.5) is 0 Å². The maximum atomic E-state index is 14.4. The van der Waals surface area contributed by atoms with Crippen molar-refractivity contribution in [2.24, 2.45) is 35.0 Å². The van der Waals surface area contributed by atoms with Gasteiger partial charge in [0, 0.05) is 35.2 Å². The minimum atomic E-state index is -1.71. The number of allylic oxidation sites excluding steroid dienone is 1. The van der Waals surface area contributed by atoms with Gasteiger partial charge < -0.3 is 74.4 Å². The SMILES string of the molecule is C[C@@H]1O[C@@H](O[C@@H]2[C@H](O[C@@H]3C[C@H](O)CC4=CC[C@H]5C6=C(CC[C@@H]5[C@]43C)[C@@H]3[C@@H](O[C@@]4(OC[C@H](C)[C@@H](O)[C@@H]4O)[C@H]3CO)C6=O)OC[C@@H](O)[C@H]2O)[C@H](O)[C@H](O)[C@H]1O. The van der Waals surface area contributed by atoms with Gasteiger partial charge in [-0.15, -0.1) is 0 Å². The van der Waals surface area contributed by atoms with Gasteiger partial charge in [0.15, 0.2) is 18.4 Å². The van der Waals surface area contributed by atoms with Crippen molar-refractivity contribution in [2.45, 2.75) is 144 Å². The van der Waals surface area contributed by atoms with Crippen molar-refractivity contribution in [2.75, 3.05) is 19.8 Å². The molecule has 0 aromatic carbocycles. The van der Waals surface area contributed by atoms with E-state index in [9.17, 15) is 50.8 Å². The summed E-state index contributed by atoms with van der Waals surface area (Å²) in [6.45, 7) is 4.67. The van der Waals surface area contributed by atoms with Crippen molar-refractivity contribution >= 4 is 5.78 Å². The van der Waals surface area contributed by atoms with Crippen LogP contribution in [-0.2, 0) is 33.2 Å². The third-order valence-electron chi connectivity index (χ3n) is 14.0. The molecule has 21 atom stereocenters. The van der Waals surface area contributed by atoms with Crippen LogP contribution in [0.2, 0.25) is 0 Å². The van der Waals surface area contributed by atoms with Crippen molar-refractivity contribution in [1.82, 2.24) is 0 Å². The first-order valence-corrected chi connectivity index (χ1v) is 19.1. The van der Waals surface area contributed by atoms with Crippen LogP contribution in [0.5, 0.6) is 0 Å². The molecule has 298 valence electrons. The third-order valence-corrected chi connectivity index (χ3v) is 14.0. The zero-order valence-electron chi connectivity index (χ0n) is 30.1. The van der Waals surface area contributed by atoms with E-state index in [0.717, 1.165) is 11.1 Å². The molecule has 4 saturated heterocycles. The Kier molecular flexibility index (Phi) is 10.1. The molecular formula is C37H54O16. The van der Waals surface area contributed by atoms with Crippen LogP contribution < -0.4 is 0 Å². The normalized spacial score (nSPS) is 55.4. The number of ketones is 1. The molecule has 0 amide bonds. The van der Waals surface area contributed by atoms with Crippen molar-refractivity contribution in [3.05, 3.63) is 22.8 Å². The Labute approximate surface area is 306 Å². The first-order chi connectivity index (χ1) is 25.1. The second kappa shape index (κ2) is 13.9. The van der Waals surface area contributed by atoms with Gasteiger partial charge in [0.1, 0.15) is 48.8 Å². The van der Waals surface area contributed by atoms with E-state index in [1.165, 1.54) is 6.92 Å². The standard InChI is InChI=1S/C37H54O16/c1-13-11-49-37(33(47)25(13)41)20(10-38)24-18-6-7-19-17(23(18)28(44)31(24)53-37)5-4-15-8-16(39)9-22(36(15,19)3)51-35-32(27(43)21(40)12-48-35)52-34-30(46)29(45)26(42)14(2)50-34/h4,13-14,16-17,19-22,24-27,29-35,38-43,45-47H,5-12H2,1-3H3/t13-,14-,16+,17+,19-,20-,21+,22+,24-,25+,26-,27+,29+,30+,31+,32-,33-,34-,35-,36-,37-/m0/s1. The lowest BCUT2D eigenvalue weighted by Gasteiger charge is -2.56. The van der Waals surface area contributed by atoms with Gasteiger partial charge in [-0.05, 0) is 44.4 Å². The molecule has 5 fully saturated rings. The monoisotopic (exact) mass is 754 g/mol. The van der Waals surface area contributed by atoms with Gasteiger partial charge >= 0.3 is 0 Å². The van der Waals surface area contributed by atoms with Crippen molar-refractivity contribution in [3.63, 3.8) is 0 Å². The second-order valence-electron chi connectivity index (χ2n) is 16.9. The third kappa shape index (κ3) is 5.70. The average molecular weight is 755 g/mol. The summed E-state index contributed by atoms with van der Waals surface area (Å²) in [6.07, 6.45) is -13.5. The molecule has 0 bridgehead atoms. The van der Waals surface area contributed by atoms with Crippen LogP contribution in [0, 0.1) is 35.0 Å². The molecule has 8 aliphatic rings. The van der Waals surface area contributed by atoms with Crippen molar-refractivity contribution < 1.29 is 79.2 Å². The summed E-state index contributed by atoms with van der Waals surface area (Å²) >= 11 is 0. The number of Topliss-reactive ketones (excluding diaryl/α,β-unsaturated/α-hetero) is 1. The highest BCUT2D eigenvalue weighted by atomic mass is 16.8. The molecule has 1 spiro atoms. The molecule has 16 nitrogen and oxygen atoms in total. The fraction of sp³-hybridized carbons (Fsp3) is 0.865. The molecule has 8 rings (SSSR count). The van der Waals surface area contributed by atoms with Crippen LogP contribution in [-0.4, -0.2) is 163 Å². The average Bonchev–Trinajstić information content (AvgIpc) is 3.61. The molecule has 4 aliphatic carbocycles. The number of hydrogen-bond donors (Lipinski definition) is 9. The van der Waals surface area contributed by atoms with Gasteiger partial charge in [-0.25, -0.2) is 0 Å². The summed E-state index contributed by atoms with van der Waals surface area (Å²) in [4.78, 5) is 14.4. The number of fused-ring (bicyclic) bond motifs is 6. The van der Waals surface area contributed by atoms with E-state index >= 15 is 0 Å². The van der Waals surface area contributed by atoms with Gasteiger partial charge in [0.25, 0.3) is 0 Å². The minimum Gasteiger partial charge on any atom is -0.396 e. The molecule has 1 saturated carbocycles. The van der Waals surface area contributed by atoms with E-state index in [1.54, 1.807) is 6.92 Å². The Morgan fingerprint density at radius 2 is 1.68 bits per heavy atom. The Hall–Kier alpha value is -1.45. The fourth-order valence-electron chi connectivity index (χ4n) is 11.0. The summed E-state index contributed by atoms with van der Waals surface area (Å²) < 4.78 is 36.5. The fourth-order valence-corrected chi connectivity index (χ4v) is 11.0. The predicted octanol–water partition coefficient (Wildman–Crippen LogP) is -2.23. The number of aliphatic hydroxyl groups is 9. The second-order valence-corrected chi connectivity index (χ2v) is 16.9. The van der Waals surface area contributed by atoms with Crippen LogP contribution in [0.1, 0.15) is 52.9 Å². The summed E-state index contributed by atoms with van der Waals surface area (Å²) in [5.41, 5.74) is 1.76. The highest BCUT2D eigenvalue weighted by Gasteiger charge is 2.69. The molecule has 53 heavy (non-hydrogen) atoms. The number of carbonyl (C=O) groups is 1. The van der Waals surface area contributed by atoms with Crippen LogP contribution in [0.15, 0.2) is 22.8 Å². The molecule has 0 radical (unpaired) electrons. The Morgan fingerprint density at radius 3 is 2.42 bits per heavy atom. The van der Waals surface area contributed by atoms with Gasteiger partial charge in [-0.3, -0.25) is 4.79 Å². The van der Waals surface area contributed by atoms with E-state index in [1.807, 2.05) is 6.92 Å². The number of carbonyl (C=O) groups excluding carboxylic acids is 1. The molecule has 9 N–H and O–H groups in total. The minimum absolute atomic E-state index is 0.100. The van der Waals surface area contributed by atoms with Gasteiger partial charge in [0.2, 0.25) is 5.79 Å². The highest BCUT2D eigenvalue weighted by Crippen LogP contribution is 2.64. The van der Waals surface area contributed by atoms with E-state index < -0.39 is 115 Å². The van der Waals surface area contributed by atoms with E-state index in [2.05, 4.69) is 6.08 Å². The summed E-state index contributed by atoms with van der Waals surface area (Å²) in [6, 6.07) is 0. The quantitative estimate of drug-likeness (QED) is 0.135. The van der Waals surface area contributed by atoms with E-state index in [-0.39, 0.29) is 43.2 Å². The molecule has 0 unspecified atom stereocenters. The maximum absolute atomic E-state index is 14.4. The summed E-state index contributed by atoms with van der Waals surface area (Å²) in [7, 11) is 0. The van der Waals surface area contributed by atoms with Gasteiger partial charge in [-0.1, -0.05) is 31.1 Å². The molecule has 4 heterocycles. The van der Waals surface area contributed by atoms with Crippen LogP contribution in [0.3, 0.4) is 0 Å². The summed E-state index contributed by atoms with van der Waals surface area (Å²) in [5, 5.41) is 96.6.